The van der Waals surface area contributed by atoms with E-state index in [1.54, 1.807) is 0 Å². The molecule has 0 amide bonds. The molecule has 3 nitrogen and oxygen atoms in total. The largest absolute Gasteiger partial charge is 0.506 e. The summed E-state index contributed by atoms with van der Waals surface area (Å²) >= 11 is 6.72. The Balaban J connectivity index is 1.73. The van der Waals surface area contributed by atoms with Crippen LogP contribution in [-0.2, 0) is 6.54 Å². The number of aromatic hydroxyl groups is 1. The molecule has 112 valence electrons. The zero-order chi connectivity index (χ0) is 14.5. The Morgan fingerprint density at radius 2 is 1.85 bits per heavy atom. The lowest BCUT2D eigenvalue weighted by molar-refractivity contribution is 0.245. The maximum absolute atomic E-state index is 9.68. The molecule has 0 atom stereocenters. The summed E-state index contributed by atoms with van der Waals surface area (Å²) < 4.78 is 1.46. The van der Waals surface area contributed by atoms with Gasteiger partial charge in [-0.2, -0.15) is 0 Å². The van der Waals surface area contributed by atoms with Crippen LogP contribution < -0.4 is 5.32 Å². The summed E-state index contributed by atoms with van der Waals surface area (Å²) in [6.07, 6.45) is 5.48. The van der Waals surface area contributed by atoms with Gasteiger partial charge in [-0.15, -0.1) is 0 Å². The number of halogens is 2. The van der Waals surface area contributed by atoms with E-state index in [2.05, 4.69) is 49.1 Å². The molecule has 0 bridgehead atoms. The Kier molecular flexibility index (Phi) is 6.33. The number of benzene rings is 1. The molecule has 1 aromatic carbocycles. The molecular weight excluding hydrogens is 384 g/mol. The minimum absolute atomic E-state index is 0.259. The molecule has 0 aromatic heterocycles. The molecule has 0 aliphatic heterocycles. The second-order valence-corrected chi connectivity index (χ2v) is 7.21. The van der Waals surface area contributed by atoms with Crippen LogP contribution in [0.3, 0.4) is 0 Å². The van der Waals surface area contributed by atoms with Crippen molar-refractivity contribution in [1.82, 2.24) is 10.2 Å². The number of rotatable bonds is 6. The highest BCUT2D eigenvalue weighted by Gasteiger charge is 2.18. The Morgan fingerprint density at radius 3 is 2.45 bits per heavy atom. The van der Waals surface area contributed by atoms with E-state index in [1.807, 2.05) is 12.1 Å². The van der Waals surface area contributed by atoms with Gasteiger partial charge in [0.2, 0.25) is 0 Å². The molecule has 0 unspecified atom stereocenters. The second-order valence-electron chi connectivity index (χ2n) is 5.50. The number of phenolic OH excluding ortho intramolecular Hbond substituents is 1. The molecule has 0 saturated heterocycles. The number of hydrogen-bond acceptors (Lipinski definition) is 3. The predicted molar refractivity (Wildman–Crippen MR) is 90.1 cm³/mol. The third kappa shape index (κ3) is 4.45. The third-order valence-corrected chi connectivity index (χ3v) is 5.20. The molecule has 5 heteroatoms. The van der Waals surface area contributed by atoms with Crippen LogP contribution in [0.25, 0.3) is 0 Å². The van der Waals surface area contributed by atoms with Crippen molar-refractivity contribution in [1.29, 1.82) is 0 Å². The summed E-state index contributed by atoms with van der Waals surface area (Å²) in [5.41, 5.74) is 1.16. The van der Waals surface area contributed by atoms with Crippen LogP contribution in [0.15, 0.2) is 21.1 Å². The minimum Gasteiger partial charge on any atom is -0.506 e. The molecule has 1 aliphatic carbocycles. The van der Waals surface area contributed by atoms with E-state index in [0.29, 0.717) is 0 Å². The van der Waals surface area contributed by atoms with Crippen molar-refractivity contribution >= 4 is 31.9 Å². The fourth-order valence-corrected chi connectivity index (χ4v) is 4.02. The maximum atomic E-state index is 9.68. The molecule has 20 heavy (non-hydrogen) atoms. The first-order valence-electron chi connectivity index (χ1n) is 7.16. The molecule has 1 aliphatic rings. The number of nitrogens with one attached hydrogen (secondary N) is 1. The van der Waals surface area contributed by atoms with Gasteiger partial charge < -0.3 is 15.3 Å². The number of likely N-dealkylation sites (N-methyl/N-ethyl adjacent to an activating group) is 1. The van der Waals surface area contributed by atoms with Gasteiger partial charge in [-0.05, 0) is 69.4 Å². The van der Waals surface area contributed by atoms with Crippen LogP contribution in [0.1, 0.15) is 31.2 Å². The van der Waals surface area contributed by atoms with Gasteiger partial charge in [0.05, 0.1) is 8.95 Å². The van der Waals surface area contributed by atoms with Crippen molar-refractivity contribution in [3.05, 3.63) is 26.6 Å². The third-order valence-electron chi connectivity index (χ3n) is 4.00. The number of nitrogens with zero attached hydrogens (tertiary/aromatic N) is 1. The van der Waals surface area contributed by atoms with Crippen LogP contribution in [0.2, 0.25) is 0 Å². The Labute approximate surface area is 138 Å². The van der Waals surface area contributed by atoms with E-state index in [0.717, 1.165) is 40.2 Å². The van der Waals surface area contributed by atoms with Crippen LogP contribution in [0.4, 0.5) is 0 Å². The van der Waals surface area contributed by atoms with Crippen LogP contribution in [0.5, 0.6) is 5.75 Å². The summed E-state index contributed by atoms with van der Waals surface area (Å²) in [6, 6.07) is 4.69. The van der Waals surface area contributed by atoms with E-state index < -0.39 is 0 Å². The molecule has 0 heterocycles. The summed E-state index contributed by atoms with van der Waals surface area (Å²) in [5.74, 6) is 0.259. The smallest absolute Gasteiger partial charge is 0.143 e. The lowest BCUT2D eigenvalue weighted by Gasteiger charge is -2.24. The lowest BCUT2D eigenvalue weighted by atomic mass is 10.2. The summed E-state index contributed by atoms with van der Waals surface area (Å²) in [7, 11) is 2.23. The first kappa shape index (κ1) is 16.3. The van der Waals surface area contributed by atoms with Crippen molar-refractivity contribution in [3.8, 4) is 5.75 Å². The van der Waals surface area contributed by atoms with Crippen molar-refractivity contribution in [2.75, 3.05) is 20.1 Å². The average molecular weight is 406 g/mol. The molecule has 1 fully saturated rings. The van der Waals surface area contributed by atoms with E-state index in [4.69, 9.17) is 0 Å². The summed E-state index contributed by atoms with van der Waals surface area (Å²) in [5, 5.41) is 13.1. The zero-order valence-electron chi connectivity index (χ0n) is 11.8. The van der Waals surface area contributed by atoms with E-state index >= 15 is 0 Å². The number of phenols is 1. The van der Waals surface area contributed by atoms with Crippen molar-refractivity contribution in [2.45, 2.75) is 38.3 Å². The molecule has 2 N–H and O–H groups in total. The second kappa shape index (κ2) is 7.78. The molecular formula is C15H22Br2N2O. The van der Waals surface area contributed by atoms with Crippen molar-refractivity contribution < 1.29 is 5.11 Å². The summed E-state index contributed by atoms with van der Waals surface area (Å²) in [6.45, 7) is 2.89. The first-order chi connectivity index (χ1) is 9.58. The predicted octanol–water partition coefficient (Wildman–Crippen LogP) is 3.88. The molecule has 0 radical (unpaired) electrons. The van der Waals surface area contributed by atoms with Crippen LogP contribution in [-0.4, -0.2) is 36.2 Å². The van der Waals surface area contributed by atoms with Gasteiger partial charge in [0, 0.05) is 25.7 Å². The normalized spacial score (nSPS) is 16.2. The highest BCUT2D eigenvalue weighted by atomic mass is 79.9. The molecule has 1 aromatic rings. The Morgan fingerprint density at radius 1 is 1.25 bits per heavy atom. The standard InChI is InChI=1S/C15H22Br2N2O/c1-19(12-4-2-3-5-12)7-6-18-10-11-8-13(16)15(20)14(17)9-11/h8-9,12,18,20H,2-7,10H2,1H3. The van der Waals surface area contributed by atoms with Gasteiger partial charge in [-0.1, -0.05) is 12.8 Å². The lowest BCUT2D eigenvalue weighted by Crippen LogP contribution is -2.35. The van der Waals surface area contributed by atoms with E-state index in [9.17, 15) is 5.11 Å². The van der Waals surface area contributed by atoms with Crippen LogP contribution >= 0.6 is 31.9 Å². The highest BCUT2D eigenvalue weighted by molar-refractivity contribution is 9.11. The highest BCUT2D eigenvalue weighted by Crippen LogP contribution is 2.33. The first-order valence-corrected chi connectivity index (χ1v) is 8.74. The fraction of sp³-hybridized carbons (Fsp3) is 0.600. The van der Waals surface area contributed by atoms with Gasteiger partial charge in [0.1, 0.15) is 5.75 Å². The van der Waals surface area contributed by atoms with Crippen molar-refractivity contribution in [3.63, 3.8) is 0 Å². The average Bonchev–Trinajstić information content (AvgIpc) is 2.94. The SMILES string of the molecule is CN(CCNCc1cc(Br)c(O)c(Br)c1)C1CCCC1. The molecule has 2 rings (SSSR count). The van der Waals surface area contributed by atoms with Crippen molar-refractivity contribution in [2.24, 2.45) is 0 Å². The summed E-state index contributed by atoms with van der Waals surface area (Å²) in [4.78, 5) is 2.47. The van der Waals surface area contributed by atoms with Gasteiger partial charge in [0.15, 0.2) is 0 Å². The van der Waals surface area contributed by atoms with E-state index in [1.165, 1.54) is 25.7 Å². The van der Waals surface area contributed by atoms with E-state index in [-0.39, 0.29) is 5.75 Å². The monoisotopic (exact) mass is 404 g/mol. The minimum atomic E-state index is 0.259. The van der Waals surface area contributed by atoms with Gasteiger partial charge in [-0.3, -0.25) is 0 Å². The molecule has 1 saturated carbocycles. The zero-order valence-corrected chi connectivity index (χ0v) is 15.0. The van der Waals surface area contributed by atoms with Gasteiger partial charge >= 0.3 is 0 Å². The van der Waals surface area contributed by atoms with Gasteiger partial charge in [-0.25, -0.2) is 0 Å². The number of hydrogen-bond donors (Lipinski definition) is 2. The Hall–Kier alpha value is -0.100. The van der Waals surface area contributed by atoms with Crippen LogP contribution in [0, 0.1) is 0 Å². The topological polar surface area (TPSA) is 35.5 Å². The Bertz CT molecular complexity index is 424. The fourth-order valence-electron chi connectivity index (χ4n) is 2.74. The quantitative estimate of drug-likeness (QED) is 0.705. The maximum Gasteiger partial charge on any atom is 0.143 e. The van der Waals surface area contributed by atoms with Gasteiger partial charge in [0.25, 0.3) is 0 Å². The molecule has 0 spiro atoms.